The molecule has 8 heteroatoms. The van der Waals surface area contributed by atoms with E-state index in [1.54, 1.807) is 22.9 Å². The molecular formula is C23H24N4O4. The molecule has 0 aliphatic carbocycles. The minimum atomic E-state index is -0.213. The fourth-order valence-electron chi connectivity index (χ4n) is 3.67. The number of nitrogen functional groups attached to an aromatic ring is 1. The number of rotatable bonds is 7. The number of carbonyl (C=O) groups excluding carboxylic acids is 2. The van der Waals surface area contributed by atoms with Crippen molar-refractivity contribution in [1.82, 2.24) is 15.1 Å². The van der Waals surface area contributed by atoms with Gasteiger partial charge in [0.15, 0.2) is 6.29 Å². The average molecular weight is 420 g/mol. The Morgan fingerprint density at radius 1 is 1.29 bits per heavy atom. The van der Waals surface area contributed by atoms with E-state index in [0.29, 0.717) is 48.1 Å². The number of benzene rings is 2. The van der Waals surface area contributed by atoms with Crippen LogP contribution >= 0.6 is 0 Å². The number of nitrogens with two attached hydrogens (primary N) is 1. The summed E-state index contributed by atoms with van der Waals surface area (Å²) in [5.74, 6) is 0.668. The van der Waals surface area contributed by atoms with Crippen molar-refractivity contribution in [2.75, 3.05) is 26.1 Å². The Labute approximate surface area is 180 Å². The van der Waals surface area contributed by atoms with E-state index in [1.807, 2.05) is 30.3 Å². The van der Waals surface area contributed by atoms with Gasteiger partial charge in [0.05, 0.1) is 30.9 Å². The molecule has 0 spiro atoms. The largest absolute Gasteiger partial charge is 0.496 e. The Morgan fingerprint density at radius 2 is 2.06 bits per heavy atom. The third kappa shape index (κ3) is 4.15. The summed E-state index contributed by atoms with van der Waals surface area (Å²) in [6.45, 7) is 1.55. The van der Waals surface area contributed by atoms with Crippen LogP contribution in [0.15, 0.2) is 48.5 Å². The molecule has 1 aromatic heterocycles. The van der Waals surface area contributed by atoms with Crippen molar-refractivity contribution in [3.8, 4) is 17.0 Å². The van der Waals surface area contributed by atoms with Gasteiger partial charge in [-0.3, -0.25) is 9.59 Å². The first-order chi connectivity index (χ1) is 15.1. The van der Waals surface area contributed by atoms with Gasteiger partial charge in [-0.1, -0.05) is 36.4 Å². The van der Waals surface area contributed by atoms with Gasteiger partial charge >= 0.3 is 0 Å². The molecule has 2 aromatic carbocycles. The average Bonchev–Trinajstić information content (AvgIpc) is 3.45. The van der Waals surface area contributed by atoms with Gasteiger partial charge in [0.1, 0.15) is 17.3 Å². The van der Waals surface area contributed by atoms with Gasteiger partial charge in [-0.15, -0.1) is 0 Å². The number of ether oxygens (including phenoxy) is 2. The highest BCUT2D eigenvalue weighted by Crippen LogP contribution is 2.30. The number of nitrogens with zero attached hydrogens (tertiary/aromatic N) is 2. The van der Waals surface area contributed by atoms with Crippen molar-refractivity contribution < 1.29 is 19.1 Å². The van der Waals surface area contributed by atoms with Crippen LogP contribution in [0.5, 0.6) is 5.75 Å². The number of carbonyl (C=O) groups is 2. The molecular weight excluding hydrogens is 396 g/mol. The molecule has 8 nitrogen and oxygen atoms in total. The molecule has 1 saturated heterocycles. The normalized spacial score (nSPS) is 15.6. The number of para-hydroxylation sites is 1. The van der Waals surface area contributed by atoms with Crippen molar-refractivity contribution in [3.05, 3.63) is 65.2 Å². The third-order valence-electron chi connectivity index (χ3n) is 5.39. The Balaban J connectivity index is 1.49. The first-order valence-electron chi connectivity index (χ1n) is 10.0. The summed E-state index contributed by atoms with van der Waals surface area (Å²) in [6.07, 6.45) is 1.56. The van der Waals surface area contributed by atoms with Crippen LogP contribution in [0.25, 0.3) is 11.3 Å². The molecule has 1 aliphatic rings. The standard InChI is InChI=1S/C23H24N4O4/c1-30-20-5-3-2-4-18(20)23(29)25-12-15-6-8-16(9-7-15)21-19(13-28)22(24)27(26-21)17-10-11-31-14-17/h2-9,13,17H,10-12,14,24H2,1H3,(H,25,29). The maximum Gasteiger partial charge on any atom is 0.255 e. The lowest BCUT2D eigenvalue weighted by molar-refractivity contribution is 0.0947. The number of aldehydes is 1. The van der Waals surface area contributed by atoms with Crippen molar-refractivity contribution in [3.63, 3.8) is 0 Å². The van der Waals surface area contributed by atoms with Crippen LogP contribution in [0, 0.1) is 0 Å². The van der Waals surface area contributed by atoms with Gasteiger partial charge in [-0.25, -0.2) is 4.68 Å². The van der Waals surface area contributed by atoms with Crippen LogP contribution in [-0.2, 0) is 11.3 Å². The number of aromatic nitrogens is 2. The van der Waals surface area contributed by atoms with E-state index in [-0.39, 0.29) is 11.9 Å². The van der Waals surface area contributed by atoms with Crippen LogP contribution < -0.4 is 15.8 Å². The Bertz CT molecular complexity index is 1090. The number of nitrogens with one attached hydrogen (secondary N) is 1. The second kappa shape index (κ2) is 9.01. The van der Waals surface area contributed by atoms with Crippen LogP contribution in [0.4, 0.5) is 5.82 Å². The van der Waals surface area contributed by atoms with Crippen LogP contribution in [0.1, 0.15) is 38.7 Å². The zero-order valence-electron chi connectivity index (χ0n) is 17.2. The lowest BCUT2D eigenvalue weighted by Gasteiger charge is -2.10. The van der Waals surface area contributed by atoms with Crippen LogP contribution in [0.3, 0.4) is 0 Å². The van der Waals surface area contributed by atoms with Crippen LogP contribution in [0.2, 0.25) is 0 Å². The number of anilines is 1. The van der Waals surface area contributed by atoms with Gasteiger partial charge in [0.2, 0.25) is 0 Å². The van der Waals surface area contributed by atoms with Gasteiger partial charge < -0.3 is 20.5 Å². The number of amides is 1. The summed E-state index contributed by atoms with van der Waals surface area (Å²) in [5.41, 5.74) is 9.28. The quantitative estimate of drug-likeness (QED) is 0.569. The minimum Gasteiger partial charge on any atom is -0.496 e. The Hall–Kier alpha value is -3.65. The molecule has 3 N–H and O–H groups in total. The fourth-order valence-corrected chi connectivity index (χ4v) is 3.67. The second-order valence-electron chi connectivity index (χ2n) is 7.31. The molecule has 1 aliphatic heterocycles. The molecule has 0 bridgehead atoms. The predicted molar refractivity (Wildman–Crippen MR) is 116 cm³/mol. The lowest BCUT2D eigenvalue weighted by atomic mass is 10.1. The van der Waals surface area contributed by atoms with Gasteiger partial charge in [-0.2, -0.15) is 5.10 Å². The minimum absolute atomic E-state index is 0.0388. The van der Waals surface area contributed by atoms with Crippen molar-refractivity contribution in [2.45, 2.75) is 19.0 Å². The molecule has 0 radical (unpaired) electrons. The van der Waals surface area contributed by atoms with Gasteiger partial charge in [0, 0.05) is 18.7 Å². The summed E-state index contributed by atoms with van der Waals surface area (Å²) in [5, 5.41) is 7.49. The lowest BCUT2D eigenvalue weighted by Crippen LogP contribution is -2.23. The monoisotopic (exact) mass is 420 g/mol. The Morgan fingerprint density at radius 3 is 2.74 bits per heavy atom. The Kier molecular flexibility index (Phi) is 5.99. The van der Waals surface area contributed by atoms with Crippen LogP contribution in [-0.4, -0.2) is 42.3 Å². The maximum absolute atomic E-state index is 12.5. The summed E-state index contributed by atoms with van der Waals surface area (Å²) >= 11 is 0. The smallest absolute Gasteiger partial charge is 0.255 e. The number of hydrogen-bond donors (Lipinski definition) is 2. The summed E-state index contributed by atoms with van der Waals surface area (Å²) in [4.78, 5) is 24.1. The first-order valence-corrected chi connectivity index (χ1v) is 10.0. The topological polar surface area (TPSA) is 108 Å². The molecule has 0 saturated carbocycles. The predicted octanol–water partition coefficient (Wildman–Crippen LogP) is 2.84. The van der Waals surface area contributed by atoms with E-state index in [0.717, 1.165) is 23.8 Å². The molecule has 1 amide bonds. The summed E-state index contributed by atoms with van der Waals surface area (Å²) in [7, 11) is 1.53. The molecule has 3 aromatic rings. The number of methoxy groups -OCH3 is 1. The molecule has 1 unspecified atom stereocenters. The third-order valence-corrected chi connectivity index (χ3v) is 5.39. The van der Waals surface area contributed by atoms with Gasteiger partial charge in [0.25, 0.3) is 5.91 Å². The van der Waals surface area contributed by atoms with E-state index in [4.69, 9.17) is 15.2 Å². The fraction of sp³-hybridized carbons (Fsp3) is 0.261. The molecule has 4 rings (SSSR count). The summed E-state index contributed by atoms with van der Waals surface area (Å²) in [6, 6.07) is 14.6. The SMILES string of the molecule is COc1ccccc1C(=O)NCc1ccc(-c2nn(C3CCOC3)c(N)c2C=O)cc1. The molecule has 1 fully saturated rings. The van der Waals surface area contributed by atoms with Gasteiger partial charge in [-0.05, 0) is 24.1 Å². The zero-order chi connectivity index (χ0) is 21.8. The van der Waals surface area contributed by atoms with E-state index in [9.17, 15) is 9.59 Å². The molecule has 2 heterocycles. The van der Waals surface area contributed by atoms with E-state index in [2.05, 4.69) is 10.4 Å². The van der Waals surface area contributed by atoms with E-state index >= 15 is 0 Å². The zero-order valence-corrected chi connectivity index (χ0v) is 17.2. The number of hydrogen-bond acceptors (Lipinski definition) is 6. The van der Waals surface area contributed by atoms with E-state index < -0.39 is 0 Å². The first kappa shape index (κ1) is 20.6. The highest BCUT2D eigenvalue weighted by atomic mass is 16.5. The van der Waals surface area contributed by atoms with Crippen molar-refractivity contribution >= 4 is 18.0 Å². The molecule has 31 heavy (non-hydrogen) atoms. The molecule has 1 atom stereocenters. The molecule has 160 valence electrons. The van der Waals surface area contributed by atoms with Crippen molar-refractivity contribution in [2.24, 2.45) is 0 Å². The van der Waals surface area contributed by atoms with E-state index in [1.165, 1.54) is 7.11 Å². The van der Waals surface area contributed by atoms with Crippen molar-refractivity contribution in [1.29, 1.82) is 0 Å². The highest BCUT2D eigenvalue weighted by Gasteiger charge is 2.25. The highest BCUT2D eigenvalue weighted by molar-refractivity contribution is 5.97. The summed E-state index contributed by atoms with van der Waals surface area (Å²) < 4.78 is 12.3. The second-order valence-corrected chi connectivity index (χ2v) is 7.31. The maximum atomic E-state index is 12.5.